The summed E-state index contributed by atoms with van der Waals surface area (Å²) in [5.41, 5.74) is 7.72. The van der Waals surface area contributed by atoms with Gasteiger partial charge >= 0.3 is 0 Å². The molecule has 3 rings (SSSR count). The van der Waals surface area contributed by atoms with Gasteiger partial charge in [-0.05, 0) is 24.1 Å². The van der Waals surface area contributed by atoms with E-state index in [0.29, 0.717) is 36.7 Å². The van der Waals surface area contributed by atoms with E-state index in [-0.39, 0.29) is 12.7 Å². The lowest BCUT2D eigenvalue weighted by atomic mass is 10.1. The fourth-order valence-corrected chi connectivity index (χ4v) is 2.91. The molecule has 138 valence electrons. The SMILES string of the molecule is NCCN(CCC(=O)Nc1ccc2c(c1)OCO2)CCc1ccccc1. The molecule has 1 heterocycles. The second-order valence-electron chi connectivity index (χ2n) is 6.23. The van der Waals surface area contributed by atoms with Gasteiger partial charge in [-0.1, -0.05) is 30.3 Å². The van der Waals surface area contributed by atoms with E-state index in [1.807, 2.05) is 24.3 Å². The first kappa shape index (κ1) is 18.2. The molecule has 3 N–H and O–H groups in total. The van der Waals surface area contributed by atoms with Crippen molar-refractivity contribution in [3.05, 3.63) is 54.1 Å². The third-order valence-electron chi connectivity index (χ3n) is 4.32. The van der Waals surface area contributed by atoms with E-state index in [1.54, 1.807) is 12.1 Å². The Labute approximate surface area is 153 Å². The molecule has 2 aromatic rings. The Morgan fingerprint density at radius 3 is 2.65 bits per heavy atom. The predicted molar refractivity (Wildman–Crippen MR) is 101 cm³/mol. The predicted octanol–water partition coefficient (Wildman–Crippen LogP) is 2.25. The van der Waals surface area contributed by atoms with Gasteiger partial charge < -0.3 is 25.4 Å². The van der Waals surface area contributed by atoms with Crippen molar-refractivity contribution in [1.82, 2.24) is 4.90 Å². The molecular weight excluding hydrogens is 330 g/mol. The number of nitrogens with one attached hydrogen (secondary N) is 1. The highest BCUT2D eigenvalue weighted by Gasteiger charge is 2.14. The smallest absolute Gasteiger partial charge is 0.231 e. The second kappa shape index (κ2) is 9.22. The molecule has 2 aromatic carbocycles. The number of anilines is 1. The van der Waals surface area contributed by atoms with Gasteiger partial charge in [-0.15, -0.1) is 0 Å². The molecule has 1 amide bonds. The molecule has 0 unspecified atom stereocenters. The van der Waals surface area contributed by atoms with Gasteiger partial charge in [0.2, 0.25) is 12.7 Å². The molecule has 0 atom stereocenters. The van der Waals surface area contributed by atoms with Crippen LogP contribution in [0, 0.1) is 0 Å². The quantitative estimate of drug-likeness (QED) is 0.721. The fourth-order valence-electron chi connectivity index (χ4n) is 2.91. The number of hydrogen-bond donors (Lipinski definition) is 2. The van der Waals surface area contributed by atoms with Crippen LogP contribution >= 0.6 is 0 Å². The molecule has 6 heteroatoms. The highest BCUT2D eigenvalue weighted by atomic mass is 16.7. The van der Waals surface area contributed by atoms with Gasteiger partial charge in [0.15, 0.2) is 11.5 Å². The molecule has 0 aromatic heterocycles. The highest BCUT2D eigenvalue weighted by molar-refractivity contribution is 5.91. The second-order valence-corrected chi connectivity index (χ2v) is 6.23. The molecule has 1 aliphatic rings. The number of benzene rings is 2. The van der Waals surface area contributed by atoms with Crippen LogP contribution in [0.15, 0.2) is 48.5 Å². The zero-order chi connectivity index (χ0) is 18.2. The van der Waals surface area contributed by atoms with E-state index in [4.69, 9.17) is 15.2 Å². The summed E-state index contributed by atoms with van der Waals surface area (Å²) in [6.45, 7) is 3.16. The van der Waals surface area contributed by atoms with E-state index in [1.165, 1.54) is 5.56 Å². The number of nitrogens with zero attached hydrogens (tertiary/aromatic N) is 1. The molecule has 0 saturated carbocycles. The van der Waals surface area contributed by atoms with Crippen LogP contribution in [0.25, 0.3) is 0 Å². The molecular formula is C20H25N3O3. The lowest BCUT2D eigenvalue weighted by Crippen LogP contribution is -2.34. The van der Waals surface area contributed by atoms with E-state index >= 15 is 0 Å². The first-order valence-electron chi connectivity index (χ1n) is 8.90. The van der Waals surface area contributed by atoms with E-state index in [9.17, 15) is 4.79 Å². The molecule has 26 heavy (non-hydrogen) atoms. The Bertz CT molecular complexity index is 721. The Morgan fingerprint density at radius 2 is 1.85 bits per heavy atom. The van der Waals surface area contributed by atoms with E-state index in [0.717, 1.165) is 19.5 Å². The average Bonchev–Trinajstić information content (AvgIpc) is 3.12. The van der Waals surface area contributed by atoms with Crippen molar-refractivity contribution in [3.8, 4) is 11.5 Å². The lowest BCUT2D eigenvalue weighted by Gasteiger charge is -2.21. The number of amides is 1. The van der Waals surface area contributed by atoms with Crippen LogP contribution in [-0.4, -0.2) is 43.8 Å². The number of ether oxygens (including phenoxy) is 2. The summed E-state index contributed by atoms with van der Waals surface area (Å²) in [6, 6.07) is 15.7. The average molecular weight is 355 g/mol. The van der Waals surface area contributed by atoms with Gasteiger partial charge in [-0.25, -0.2) is 0 Å². The first-order valence-corrected chi connectivity index (χ1v) is 8.90. The first-order chi connectivity index (χ1) is 12.7. The number of nitrogens with two attached hydrogens (primary N) is 1. The summed E-state index contributed by atoms with van der Waals surface area (Å²) >= 11 is 0. The zero-order valence-electron chi connectivity index (χ0n) is 14.8. The van der Waals surface area contributed by atoms with Crippen molar-refractivity contribution in [2.45, 2.75) is 12.8 Å². The Hall–Kier alpha value is -2.57. The van der Waals surface area contributed by atoms with Crippen LogP contribution in [0.5, 0.6) is 11.5 Å². The van der Waals surface area contributed by atoms with Gasteiger partial charge in [0.05, 0.1) is 0 Å². The molecule has 0 fully saturated rings. The summed E-state index contributed by atoms with van der Waals surface area (Å²) in [5, 5.41) is 2.91. The Balaban J connectivity index is 1.46. The van der Waals surface area contributed by atoms with Crippen molar-refractivity contribution in [3.63, 3.8) is 0 Å². The van der Waals surface area contributed by atoms with Crippen LogP contribution in [0.2, 0.25) is 0 Å². The monoisotopic (exact) mass is 355 g/mol. The minimum atomic E-state index is -0.0226. The maximum atomic E-state index is 12.3. The summed E-state index contributed by atoms with van der Waals surface area (Å²) in [4.78, 5) is 14.5. The maximum Gasteiger partial charge on any atom is 0.231 e. The third-order valence-corrected chi connectivity index (χ3v) is 4.32. The van der Waals surface area contributed by atoms with Crippen molar-refractivity contribution in [2.24, 2.45) is 5.73 Å². The number of fused-ring (bicyclic) bond motifs is 1. The Morgan fingerprint density at radius 1 is 1.04 bits per heavy atom. The maximum absolute atomic E-state index is 12.3. The van der Waals surface area contributed by atoms with Crippen LogP contribution in [0.3, 0.4) is 0 Å². The summed E-state index contributed by atoms with van der Waals surface area (Å²) in [6.07, 6.45) is 1.37. The fraction of sp³-hybridized carbons (Fsp3) is 0.350. The van der Waals surface area contributed by atoms with Gasteiger partial charge in [-0.2, -0.15) is 0 Å². The largest absolute Gasteiger partial charge is 0.454 e. The van der Waals surface area contributed by atoms with Gasteiger partial charge in [0.1, 0.15) is 0 Å². The minimum Gasteiger partial charge on any atom is -0.454 e. The van der Waals surface area contributed by atoms with Crippen molar-refractivity contribution in [1.29, 1.82) is 0 Å². The number of carbonyl (C=O) groups is 1. The summed E-state index contributed by atoms with van der Waals surface area (Å²) < 4.78 is 10.6. The van der Waals surface area contributed by atoms with Gasteiger partial charge in [0.25, 0.3) is 0 Å². The van der Waals surface area contributed by atoms with Crippen molar-refractivity contribution < 1.29 is 14.3 Å². The van der Waals surface area contributed by atoms with Crippen LogP contribution in [0.4, 0.5) is 5.69 Å². The number of carbonyl (C=O) groups excluding carboxylic acids is 1. The molecule has 0 bridgehead atoms. The minimum absolute atomic E-state index is 0.0226. The van der Waals surface area contributed by atoms with Crippen molar-refractivity contribution in [2.75, 3.05) is 38.3 Å². The third kappa shape index (κ3) is 5.21. The van der Waals surface area contributed by atoms with Gasteiger partial charge in [-0.3, -0.25) is 4.79 Å². The highest BCUT2D eigenvalue weighted by Crippen LogP contribution is 2.34. The molecule has 0 radical (unpaired) electrons. The van der Waals surface area contributed by atoms with Gasteiger partial charge in [0, 0.05) is 44.4 Å². The van der Waals surface area contributed by atoms with Crippen LogP contribution in [0.1, 0.15) is 12.0 Å². The zero-order valence-corrected chi connectivity index (χ0v) is 14.8. The standard InChI is InChI=1S/C20H25N3O3/c21-10-13-23(11-8-16-4-2-1-3-5-16)12-9-20(24)22-17-6-7-18-19(14-17)26-15-25-18/h1-7,14H,8-13,15,21H2,(H,22,24). The lowest BCUT2D eigenvalue weighted by molar-refractivity contribution is -0.116. The van der Waals surface area contributed by atoms with Crippen molar-refractivity contribution >= 4 is 11.6 Å². The number of rotatable bonds is 9. The summed E-state index contributed by atoms with van der Waals surface area (Å²) in [5.74, 6) is 1.35. The topological polar surface area (TPSA) is 76.8 Å². The normalized spacial score (nSPS) is 12.4. The number of hydrogen-bond acceptors (Lipinski definition) is 5. The molecule has 0 saturated heterocycles. The molecule has 0 spiro atoms. The van der Waals surface area contributed by atoms with Crippen LogP contribution in [-0.2, 0) is 11.2 Å². The molecule has 0 aliphatic carbocycles. The Kier molecular flexibility index (Phi) is 6.46. The molecule has 6 nitrogen and oxygen atoms in total. The van der Waals surface area contributed by atoms with E-state index in [2.05, 4.69) is 22.3 Å². The summed E-state index contributed by atoms with van der Waals surface area (Å²) in [7, 11) is 0. The molecule has 1 aliphatic heterocycles. The van der Waals surface area contributed by atoms with E-state index < -0.39 is 0 Å². The van der Waals surface area contributed by atoms with Crippen LogP contribution < -0.4 is 20.5 Å².